The summed E-state index contributed by atoms with van der Waals surface area (Å²) in [4.78, 5) is 0. The molecule has 0 saturated heterocycles. The Morgan fingerprint density at radius 1 is 0.531 bits per heavy atom. The Bertz CT molecular complexity index is 406. The number of ether oxygens (including phenoxy) is 2. The molecule has 0 unspecified atom stereocenters. The zero-order valence-electron chi connectivity index (χ0n) is 20.8. The summed E-state index contributed by atoms with van der Waals surface area (Å²) in [5.41, 5.74) is 0. The molecule has 0 bridgehead atoms. The van der Waals surface area contributed by atoms with Crippen molar-refractivity contribution in [1.82, 2.24) is 0 Å². The third-order valence-corrected chi connectivity index (χ3v) is 6.45. The van der Waals surface area contributed by atoms with Crippen LogP contribution in [0.3, 0.4) is 0 Å². The lowest BCUT2D eigenvalue weighted by atomic mass is 9.80. The predicted molar refractivity (Wildman–Crippen MR) is 143 cm³/mol. The molecular weight excluding hydrogens is 440 g/mol. The van der Waals surface area contributed by atoms with Gasteiger partial charge in [0, 0.05) is 27.1 Å². The Hall–Kier alpha value is -0.300. The molecule has 4 nitrogen and oxygen atoms in total. The summed E-state index contributed by atoms with van der Waals surface area (Å²) in [5, 5.41) is 20.4. The molecule has 0 aliphatic carbocycles. The standard InChI is InChI=1S/C26H50O4S2/c1-23(31)29-21-13-9-5-3-7-11-15-25(17-19-27)26(18-20-28)16-12-8-4-6-10-14-22-30-24(2)32/h25-28H,3-22H2,1-2H3/t25-,26+. The van der Waals surface area contributed by atoms with E-state index in [1.54, 1.807) is 0 Å². The Morgan fingerprint density at radius 2 is 0.844 bits per heavy atom. The van der Waals surface area contributed by atoms with Crippen LogP contribution in [0.1, 0.15) is 117 Å². The van der Waals surface area contributed by atoms with Crippen molar-refractivity contribution in [1.29, 1.82) is 0 Å². The Labute approximate surface area is 208 Å². The maximum Gasteiger partial charge on any atom is 0.156 e. The van der Waals surface area contributed by atoms with E-state index in [9.17, 15) is 10.2 Å². The van der Waals surface area contributed by atoms with Gasteiger partial charge in [0.05, 0.1) is 13.2 Å². The molecular formula is C26H50O4S2. The largest absolute Gasteiger partial charge is 0.487 e. The molecule has 0 aliphatic rings. The normalized spacial score (nSPS) is 13.0. The van der Waals surface area contributed by atoms with E-state index in [0.717, 1.165) is 38.9 Å². The summed E-state index contributed by atoms with van der Waals surface area (Å²) in [7, 11) is 0. The Kier molecular flexibility index (Phi) is 23.6. The van der Waals surface area contributed by atoms with E-state index < -0.39 is 0 Å². The van der Waals surface area contributed by atoms with Gasteiger partial charge in [0.15, 0.2) is 10.1 Å². The second-order valence-corrected chi connectivity index (χ2v) is 10.2. The molecule has 2 atom stereocenters. The lowest BCUT2D eigenvalue weighted by Crippen LogP contribution is -2.18. The average molecular weight is 491 g/mol. The lowest BCUT2D eigenvalue weighted by molar-refractivity contribution is 0.163. The number of unbranched alkanes of at least 4 members (excludes halogenated alkanes) is 10. The van der Waals surface area contributed by atoms with Crippen molar-refractivity contribution in [2.75, 3.05) is 26.4 Å². The van der Waals surface area contributed by atoms with E-state index in [4.69, 9.17) is 33.9 Å². The maximum atomic E-state index is 9.56. The minimum absolute atomic E-state index is 0.259. The number of hydrogen-bond donors (Lipinski definition) is 2. The Balaban J connectivity index is 3.95. The monoisotopic (exact) mass is 490 g/mol. The molecule has 190 valence electrons. The minimum atomic E-state index is 0.259. The first-order valence-electron chi connectivity index (χ1n) is 13.0. The molecule has 2 N–H and O–H groups in total. The van der Waals surface area contributed by atoms with Gasteiger partial charge in [-0.25, -0.2) is 0 Å². The van der Waals surface area contributed by atoms with Crippen LogP contribution < -0.4 is 0 Å². The van der Waals surface area contributed by atoms with Crippen LogP contribution in [0.5, 0.6) is 0 Å². The molecule has 0 saturated carbocycles. The van der Waals surface area contributed by atoms with Gasteiger partial charge < -0.3 is 19.7 Å². The van der Waals surface area contributed by atoms with Crippen LogP contribution in [0.4, 0.5) is 0 Å². The molecule has 32 heavy (non-hydrogen) atoms. The molecule has 0 spiro atoms. The molecule has 0 amide bonds. The van der Waals surface area contributed by atoms with Crippen LogP contribution >= 0.6 is 24.4 Å². The number of aliphatic hydroxyl groups excluding tert-OH is 2. The number of rotatable bonds is 23. The quantitative estimate of drug-likeness (QED) is 0.117. The highest BCUT2D eigenvalue weighted by Crippen LogP contribution is 2.30. The van der Waals surface area contributed by atoms with E-state index in [2.05, 4.69) is 0 Å². The van der Waals surface area contributed by atoms with Crippen molar-refractivity contribution in [3.8, 4) is 0 Å². The third kappa shape index (κ3) is 21.5. The van der Waals surface area contributed by atoms with Gasteiger partial charge in [0.2, 0.25) is 0 Å². The van der Waals surface area contributed by atoms with E-state index in [1.807, 2.05) is 13.8 Å². The third-order valence-electron chi connectivity index (χ3n) is 6.22. The number of aliphatic hydroxyl groups is 2. The van der Waals surface area contributed by atoms with Gasteiger partial charge in [-0.2, -0.15) is 0 Å². The van der Waals surface area contributed by atoms with Crippen molar-refractivity contribution in [3.63, 3.8) is 0 Å². The highest BCUT2D eigenvalue weighted by molar-refractivity contribution is 7.80. The van der Waals surface area contributed by atoms with Crippen molar-refractivity contribution in [3.05, 3.63) is 0 Å². The topological polar surface area (TPSA) is 58.9 Å². The van der Waals surface area contributed by atoms with Crippen molar-refractivity contribution in [2.24, 2.45) is 11.8 Å². The second-order valence-electron chi connectivity index (χ2n) is 9.04. The van der Waals surface area contributed by atoms with Crippen LogP contribution in [-0.4, -0.2) is 46.7 Å². The zero-order valence-corrected chi connectivity index (χ0v) is 22.5. The highest BCUT2D eigenvalue weighted by Gasteiger charge is 2.20. The van der Waals surface area contributed by atoms with Crippen LogP contribution in [0.25, 0.3) is 0 Å². The molecule has 0 aliphatic heterocycles. The summed E-state index contributed by atoms with van der Waals surface area (Å²) in [5.74, 6) is 1.09. The summed E-state index contributed by atoms with van der Waals surface area (Å²) in [6, 6.07) is 0. The second kappa shape index (κ2) is 23.8. The van der Waals surface area contributed by atoms with Crippen molar-refractivity contribution in [2.45, 2.75) is 117 Å². The van der Waals surface area contributed by atoms with Gasteiger partial charge in [0.1, 0.15) is 0 Å². The molecule has 0 fully saturated rings. The maximum absolute atomic E-state index is 9.56. The van der Waals surface area contributed by atoms with Crippen LogP contribution in [-0.2, 0) is 9.47 Å². The summed E-state index contributed by atoms with van der Waals surface area (Å²) < 4.78 is 10.7. The van der Waals surface area contributed by atoms with E-state index in [0.29, 0.717) is 21.9 Å². The van der Waals surface area contributed by atoms with E-state index in [1.165, 1.54) is 77.0 Å². The van der Waals surface area contributed by atoms with Crippen LogP contribution in [0, 0.1) is 11.8 Å². The molecule has 0 aromatic rings. The van der Waals surface area contributed by atoms with E-state index >= 15 is 0 Å². The Morgan fingerprint density at radius 3 is 1.16 bits per heavy atom. The van der Waals surface area contributed by atoms with Crippen molar-refractivity contribution >= 4 is 34.5 Å². The first kappa shape index (κ1) is 31.7. The van der Waals surface area contributed by atoms with Gasteiger partial charge in [-0.15, -0.1) is 0 Å². The first-order chi connectivity index (χ1) is 15.5. The van der Waals surface area contributed by atoms with Gasteiger partial charge in [0.25, 0.3) is 0 Å². The summed E-state index contributed by atoms with van der Waals surface area (Å²) in [6.07, 6.45) is 18.7. The van der Waals surface area contributed by atoms with Crippen LogP contribution in [0.2, 0.25) is 0 Å². The fourth-order valence-electron chi connectivity index (χ4n) is 4.43. The fourth-order valence-corrected chi connectivity index (χ4v) is 4.59. The molecule has 0 aromatic carbocycles. The smallest absolute Gasteiger partial charge is 0.156 e. The number of hydrogen-bond acceptors (Lipinski definition) is 6. The molecule has 0 aromatic heterocycles. The van der Waals surface area contributed by atoms with Gasteiger partial charge in [-0.05, 0) is 62.0 Å². The first-order valence-corrected chi connectivity index (χ1v) is 13.8. The lowest BCUT2D eigenvalue weighted by Gasteiger charge is -2.26. The van der Waals surface area contributed by atoms with Gasteiger partial charge in [-0.1, -0.05) is 77.0 Å². The SMILES string of the molecule is CC(=S)OCCCCCCCC[C@@H](CCO)[C@@H](CCO)CCCCCCCCOC(C)=S. The molecule has 0 heterocycles. The molecule has 0 rings (SSSR count). The minimum Gasteiger partial charge on any atom is -0.487 e. The predicted octanol–water partition coefficient (Wildman–Crippen LogP) is 7.17. The van der Waals surface area contributed by atoms with E-state index in [-0.39, 0.29) is 13.2 Å². The molecule has 0 radical (unpaired) electrons. The summed E-state index contributed by atoms with van der Waals surface area (Å²) >= 11 is 9.84. The fraction of sp³-hybridized carbons (Fsp3) is 0.923. The zero-order chi connectivity index (χ0) is 23.9. The van der Waals surface area contributed by atoms with Gasteiger partial charge >= 0.3 is 0 Å². The average Bonchev–Trinajstić information content (AvgIpc) is 2.75. The molecule has 6 heteroatoms. The van der Waals surface area contributed by atoms with Crippen LogP contribution in [0.15, 0.2) is 0 Å². The highest BCUT2D eigenvalue weighted by atomic mass is 32.1. The van der Waals surface area contributed by atoms with Crippen molar-refractivity contribution < 1.29 is 19.7 Å². The number of thiocarbonyl (C=S) groups is 2. The van der Waals surface area contributed by atoms with Gasteiger partial charge in [-0.3, -0.25) is 0 Å². The summed E-state index contributed by atoms with van der Waals surface area (Å²) in [6.45, 7) is 5.66.